The van der Waals surface area contributed by atoms with Crippen molar-refractivity contribution in [2.24, 2.45) is 11.7 Å². The molecule has 22 heavy (non-hydrogen) atoms. The number of carbonyl (C=O) groups is 2. The first kappa shape index (κ1) is 14.4. The lowest BCUT2D eigenvalue weighted by atomic mass is 10.1. The van der Waals surface area contributed by atoms with Gasteiger partial charge in [-0.3, -0.25) is 9.59 Å². The van der Waals surface area contributed by atoms with Crippen LogP contribution in [-0.4, -0.2) is 29.9 Å². The maximum Gasteiger partial charge on any atom is 0.268 e. The predicted octanol–water partition coefficient (Wildman–Crippen LogP) is 1.56. The zero-order valence-electron chi connectivity index (χ0n) is 12.4. The summed E-state index contributed by atoms with van der Waals surface area (Å²) >= 11 is 0. The van der Waals surface area contributed by atoms with Crippen LogP contribution >= 0.6 is 0 Å². The summed E-state index contributed by atoms with van der Waals surface area (Å²) in [5, 5.41) is 3.54. The number of hydrogen-bond donors (Lipinski definition) is 3. The minimum absolute atomic E-state index is 0.331. The second-order valence-electron chi connectivity index (χ2n) is 5.71. The van der Waals surface area contributed by atoms with Crippen LogP contribution in [0, 0.1) is 5.92 Å². The second kappa shape index (κ2) is 5.71. The molecule has 1 heterocycles. The molecule has 0 aliphatic heterocycles. The van der Waals surface area contributed by atoms with Crippen molar-refractivity contribution in [1.29, 1.82) is 0 Å². The maximum absolute atomic E-state index is 12.3. The second-order valence-corrected chi connectivity index (χ2v) is 5.71. The molecular weight excluding hydrogens is 282 g/mol. The molecule has 116 valence electrons. The Hall–Kier alpha value is -2.50. The number of nitrogens with one attached hydrogen (secondary N) is 2. The van der Waals surface area contributed by atoms with E-state index in [9.17, 15) is 9.59 Å². The number of aromatic nitrogens is 1. The molecule has 1 saturated carbocycles. The quantitative estimate of drug-likeness (QED) is 0.755. The third-order valence-corrected chi connectivity index (χ3v) is 4.00. The van der Waals surface area contributed by atoms with E-state index in [1.54, 1.807) is 13.2 Å². The Bertz CT molecular complexity index is 718. The van der Waals surface area contributed by atoms with E-state index in [2.05, 4.69) is 10.3 Å². The van der Waals surface area contributed by atoms with Gasteiger partial charge in [0.1, 0.15) is 17.5 Å². The number of aromatic amines is 1. The highest BCUT2D eigenvalue weighted by Crippen LogP contribution is 2.33. The molecule has 0 bridgehead atoms. The number of nitrogens with two attached hydrogens (primary N) is 1. The van der Waals surface area contributed by atoms with Crippen molar-refractivity contribution in [3.8, 4) is 5.75 Å². The van der Waals surface area contributed by atoms with E-state index >= 15 is 0 Å². The molecule has 0 spiro atoms. The summed E-state index contributed by atoms with van der Waals surface area (Å²) < 4.78 is 5.27. The fraction of sp³-hybridized carbons (Fsp3) is 0.375. The van der Waals surface area contributed by atoms with Crippen molar-refractivity contribution >= 4 is 22.7 Å². The average molecular weight is 301 g/mol. The smallest absolute Gasteiger partial charge is 0.268 e. The van der Waals surface area contributed by atoms with E-state index in [1.807, 2.05) is 18.2 Å². The molecular formula is C16H19N3O3. The molecule has 0 radical (unpaired) electrons. The molecule has 6 nitrogen and oxygen atoms in total. The monoisotopic (exact) mass is 301 g/mol. The first-order chi connectivity index (χ1) is 10.6. The van der Waals surface area contributed by atoms with Crippen molar-refractivity contribution in [2.75, 3.05) is 7.11 Å². The normalized spacial score (nSPS) is 15.5. The van der Waals surface area contributed by atoms with Crippen LogP contribution in [0.15, 0.2) is 24.3 Å². The highest BCUT2D eigenvalue weighted by Gasteiger charge is 2.29. The molecule has 6 heteroatoms. The molecule has 1 aromatic carbocycles. The van der Waals surface area contributed by atoms with E-state index in [4.69, 9.17) is 10.5 Å². The molecule has 2 aromatic rings. The number of hydrogen-bond acceptors (Lipinski definition) is 3. The molecule has 1 aliphatic rings. The molecule has 3 rings (SSSR count). The fourth-order valence-electron chi connectivity index (χ4n) is 2.60. The largest absolute Gasteiger partial charge is 0.496 e. The van der Waals surface area contributed by atoms with Gasteiger partial charge in [0.2, 0.25) is 5.91 Å². The van der Waals surface area contributed by atoms with Crippen LogP contribution in [0.1, 0.15) is 29.8 Å². The van der Waals surface area contributed by atoms with Gasteiger partial charge in [-0.15, -0.1) is 0 Å². The number of benzene rings is 1. The summed E-state index contributed by atoms with van der Waals surface area (Å²) in [6.07, 6.45) is 2.82. The number of amides is 2. The van der Waals surface area contributed by atoms with Gasteiger partial charge in [-0.25, -0.2) is 0 Å². The minimum atomic E-state index is -0.617. The third kappa shape index (κ3) is 2.90. The predicted molar refractivity (Wildman–Crippen MR) is 82.6 cm³/mol. The van der Waals surface area contributed by atoms with Gasteiger partial charge in [0.15, 0.2) is 0 Å². The molecule has 0 saturated heterocycles. The van der Waals surface area contributed by atoms with Crippen LogP contribution < -0.4 is 15.8 Å². The van der Waals surface area contributed by atoms with Gasteiger partial charge < -0.3 is 20.8 Å². The van der Waals surface area contributed by atoms with Crippen molar-refractivity contribution in [3.05, 3.63) is 30.0 Å². The Morgan fingerprint density at radius 1 is 1.45 bits per heavy atom. The molecule has 1 aliphatic carbocycles. The van der Waals surface area contributed by atoms with Crippen LogP contribution in [-0.2, 0) is 4.79 Å². The fourth-order valence-corrected chi connectivity index (χ4v) is 2.60. The number of H-pyrrole nitrogens is 1. The van der Waals surface area contributed by atoms with E-state index in [-0.39, 0.29) is 5.91 Å². The van der Waals surface area contributed by atoms with Crippen molar-refractivity contribution in [1.82, 2.24) is 10.3 Å². The van der Waals surface area contributed by atoms with Crippen molar-refractivity contribution in [3.63, 3.8) is 0 Å². The number of fused-ring (bicyclic) bond motifs is 1. The Morgan fingerprint density at radius 3 is 2.86 bits per heavy atom. The highest BCUT2D eigenvalue weighted by molar-refractivity contribution is 6.01. The molecule has 1 atom stereocenters. The minimum Gasteiger partial charge on any atom is -0.496 e. The van der Waals surface area contributed by atoms with Crippen LogP contribution in [0.5, 0.6) is 5.75 Å². The van der Waals surface area contributed by atoms with Gasteiger partial charge in [-0.05, 0) is 30.5 Å². The number of primary amides is 1. The first-order valence-corrected chi connectivity index (χ1v) is 7.34. The lowest BCUT2D eigenvalue weighted by Gasteiger charge is -2.14. The molecule has 1 fully saturated rings. The number of carbonyl (C=O) groups excluding carboxylic acids is 2. The van der Waals surface area contributed by atoms with Crippen molar-refractivity contribution in [2.45, 2.75) is 25.3 Å². The highest BCUT2D eigenvalue weighted by atomic mass is 16.5. The third-order valence-electron chi connectivity index (χ3n) is 4.00. The summed E-state index contributed by atoms with van der Waals surface area (Å²) in [6.45, 7) is 0. The summed E-state index contributed by atoms with van der Waals surface area (Å²) in [5.74, 6) is 0.370. The maximum atomic E-state index is 12.3. The number of methoxy groups -OCH3 is 1. The van der Waals surface area contributed by atoms with E-state index in [1.165, 1.54) is 0 Å². The summed E-state index contributed by atoms with van der Waals surface area (Å²) in [7, 11) is 1.58. The van der Waals surface area contributed by atoms with Gasteiger partial charge in [0, 0.05) is 10.9 Å². The van der Waals surface area contributed by atoms with Crippen molar-refractivity contribution < 1.29 is 14.3 Å². The lowest BCUT2D eigenvalue weighted by Crippen LogP contribution is -2.44. The Morgan fingerprint density at radius 2 is 2.23 bits per heavy atom. The van der Waals surface area contributed by atoms with Crippen LogP contribution in [0.2, 0.25) is 0 Å². The molecule has 0 unspecified atom stereocenters. The zero-order valence-corrected chi connectivity index (χ0v) is 12.4. The molecule has 2 amide bonds. The summed E-state index contributed by atoms with van der Waals surface area (Å²) in [6, 6.07) is 6.65. The average Bonchev–Trinajstić information content (AvgIpc) is 3.20. The molecule has 1 aromatic heterocycles. The van der Waals surface area contributed by atoms with Gasteiger partial charge in [-0.2, -0.15) is 0 Å². The molecule has 4 N–H and O–H groups in total. The van der Waals surface area contributed by atoms with Gasteiger partial charge in [0.25, 0.3) is 5.91 Å². The van der Waals surface area contributed by atoms with E-state index in [0.29, 0.717) is 23.8 Å². The topological polar surface area (TPSA) is 97.2 Å². The SMILES string of the molecule is COc1cccc2[nH]c(C(=O)N[C@@H](CC3CC3)C(N)=O)cc12. The number of ether oxygens (including phenoxy) is 1. The first-order valence-electron chi connectivity index (χ1n) is 7.34. The Balaban J connectivity index is 1.80. The van der Waals surface area contributed by atoms with Gasteiger partial charge in [0.05, 0.1) is 7.11 Å². The lowest BCUT2D eigenvalue weighted by molar-refractivity contribution is -0.120. The summed E-state index contributed by atoms with van der Waals surface area (Å²) in [4.78, 5) is 26.9. The van der Waals surface area contributed by atoms with Crippen LogP contribution in [0.3, 0.4) is 0 Å². The summed E-state index contributed by atoms with van der Waals surface area (Å²) in [5.41, 5.74) is 6.57. The standard InChI is InChI=1S/C16H19N3O3/c1-22-14-4-2-3-11-10(14)8-13(18-11)16(21)19-12(15(17)20)7-9-5-6-9/h2-4,8-9,12,18H,5-7H2,1H3,(H2,17,20)(H,19,21)/t12-/m0/s1. The van der Waals surface area contributed by atoms with Crippen LogP contribution in [0.25, 0.3) is 10.9 Å². The van der Waals surface area contributed by atoms with E-state index < -0.39 is 11.9 Å². The number of rotatable bonds is 6. The van der Waals surface area contributed by atoms with Gasteiger partial charge >= 0.3 is 0 Å². The van der Waals surface area contributed by atoms with Crippen LogP contribution in [0.4, 0.5) is 0 Å². The zero-order chi connectivity index (χ0) is 15.7. The van der Waals surface area contributed by atoms with E-state index in [0.717, 1.165) is 23.7 Å². The Kier molecular flexibility index (Phi) is 3.75. The Labute approximate surface area is 128 Å². The van der Waals surface area contributed by atoms with Gasteiger partial charge in [-0.1, -0.05) is 18.9 Å².